The second kappa shape index (κ2) is 8.25. The Balaban J connectivity index is 0. The van der Waals surface area contributed by atoms with Crippen LogP contribution >= 0.6 is 0 Å². The number of nitrogens with zero attached hydrogens (tertiary/aromatic N) is 1. The van der Waals surface area contributed by atoms with Crippen LogP contribution < -0.4 is 11.5 Å². The number of primary amides is 2. The average Bonchev–Trinajstić information content (AvgIpc) is 2.14. The minimum atomic E-state index is -1.26. The third-order valence-electron chi connectivity index (χ3n) is 1.01. The highest BCUT2D eigenvalue weighted by Crippen LogP contribution is 1.82. The monoisotopic (exact) mass is 213 g/mol. The summed E-state index contributed by atoms with van der Waals surface area (Å²) in [5.41, 5.74) is 8.96. The number of hydrogen-bond donors (Lipinski definition) is 3. The molecule has 15 heavy (non-hydrogen) atoms. The van der Waals surface area contributed by atoms with Gasteiger partial charge in [0.25, 0.3) is 0 Å². The third kappa shape index (κ3) is 14.5. The number of carboxylic acids is 1. The molecule has 0 bridgehead atoms. The number of carboxylic acid groups (broad SMARTS) is 1. The van der Waals surface area contributed by atoms with Gasteiger partial charge < -0.3 is 16.6 Å². The molecule has 0 saturated carbocycles. The van der Waals surface area contributed by atoms with Gasteiger partial charge in [-0.15, -0.1) is 0 Å². The van der Waals surface area contributed by atoms with Crippen LogP contribution in [0.1, 0.15) is 12.8 Å². The zero-order chi connectivity index (χ0) is 12.4. The Bertz CT molecular complexity index is 302. The van der Waals surface area contributed by atoms with Gasteiger partial charge in [0.05, 0.1) is 0 Å². The van der Waals surface area contributed by atoms with E-state index in [-0.39, 0.29) is 12.8 Å². The average molecular weight is 213 g/mol. The Morgan fingerprint density at radius 2 is 1.53 bits per heavy atom. The molecule has 7 nitrogen and oxygen atoms in total. The van der Waals surface area contributed by atoms with E-state index in [2.05, 4.69) is 6.58 Å². The van der Waals surface area contributed by atoms with Crippen molar-refractivity contribution in [3.8, 4) is 6.07 Å². The van der Waals surface area contributed by atoms with Gasteiger partial charge in [-0.2, -0.15) is 5.26 Å². The first-order valence-electron chi connectivity index (χ1n) is 3.70. The number of hydrogen-bond acceptors (Lipinski definition) is 4. The van der Waals surface area contributed by atoms with Crippen LogP contribution in [0, 0.1) is 11.3 Å². The SMILES string of the molecule is C=C(C#N)C(=O)O.NC(=O)CCC(N)=O. The number of nitrogens with two attached hydrogens (primary N) is 2. The van der Waals surface area contributed by atoms with Crippen LogP contribution in [0.3, 0.4) is 0 Å². The summed E-state index contributed by atoms with van der Waals surface area (Å²) in [5.74, 6) is -2.25. The van der Waals surface area contributed by atoms with E-state index in [1.165, 1.54) is 6.07 Å². The molecule has 0 heterocycles. The Labute approximate surface area is 86.0 Å². The molecule has 82 valence electrons. The second-order valence-corrected chi connectivity index (χ2v) is 2.33. The van der Waals surface area contributed by atoms with Crippen LogP contribution in [0.25, 0.3) is 0 Å². The summed E-state index contributed by atoms with van der Waals surface area (Å²) in [5, 5.41) is 15.6. The molecule has 7 heteroatoms. The van der Waals surface area contributed by atoms with Crippen molar-refractivity contribution in [3.05, 3.63) is 12.2 Å². The molecular formula is C8H11N3O4. The van der Waals surface area contributed by atoms with E-state index < -0.39 is 23.4 Å². The number of carbonyl (C=O) groups excluding carboxylic acids is 2. The first-order chi connectivity index (χ1) is 6.81. The van der Waals surface area contributed by atoms with Crippen molar-refractivity contribution in [2.24, 2.45) is 11.5 Å². The number of nitriles is 1. The molecule has 0 fully saturated rings. The van der Waals surface area contributed by atoms with E-state index in [0.717, 1.165) is 0 Å². The molecule has 0 radical (unpaired) electrons. The van der Waals surface area contributed by atoms with Crippen LogP contribution in [0.15, 0.2) is 12.2 Å². The first-order valence-corrected chi connectivity index (χ1v) is 3.70. The minimum Gasteiger partial charge on any atom is -0.477 e. The summed E-state index contributed by atoms with van der Waals surface area (Å²) >= 11 is 0. The minimum absolute atomic E-state index is 0.0509. The highest BCUT2D eigenvalue weighted by Gasteiger charge is 1.97. The van der Waals surface area contributed by atoms with Crippen molar-refractivity contribution in [1.29, 1.82) is 5.26 Å². The van der Waals surface area contributed by atoms with Gasteiger partial charge in [0.15, 0.2) is 0 Å². The lowest BCUT2D eigenvalue weighted by molar-refractivity contribution is -0.132. The molecule has 0 aromatic heterocycles. The molecule has 5 N–H and O–H groups in total. The topological polar surface area (TPSA) is 147 Å². The Morgan fingerprint density at radius 3 is 1.60 bits per heavy atom. The van der Waals surface area contributed by atoms with E-state index >= 15 is 0 Å². The van der Waals surface area contributed by atoms with Gasteiger partial charge in [-0.05, 0) is 0 Å². The van der Waals surface area contributed by atoms with Gasteiger partial charge in [0.2, 0.25) is 11.8 Å². The quantitative estimate of drug-likeness (QED) is 0.400. The fourth-order valence-electron chi connectivity index (χ4n) is 0.294. The lowest BCUT2D eigenvalue weighted by Crippen LogP contribution is -2.16. The summed E-state index contributed by atoms with van der Waals surface area (Å²) in [6, 6.07) is 1.37. The van der Waals surface area contributed by atoms with Crippen molar-refractivity contribution < 1.29 is 19.5 Å². The van der Waals surface area contributed by atoms with E-state index in [0.29, 0.717) is 0 Å². The van der Waals surface area contributed by atoms with Gasteiger partial charge in [0, 0.05) is 12.8 Å². The van der Waals surface area contributed by atoms with E-state index in [9.17, 15) is 14.4 Å². The maximum atomic E-state index is 9.92. The van der Waals surface area contributed by atoms with E-state index in [1.54, 1.807) is 0 Å². The highest BCUT2D eigenvalue weighted by molar-refractivity contribution is 5.90. The number of aliphatic carboxylic acids is 1. The van der Waals surface area contributed by atoms with Crippen molar-refractivity contribution in [1.82, 2.24) is 0 Å². The van der Waals surface area contributed by atoms with Crippen LogP contribution in [0.5, 0.6) is 0 Å². The van der Waals surface area contributed by atoms with E-state index in [4.69, 9.17) is 21.8 Å². The maximum absolute atomic E-state index is 9.92. The fourth-order valence-corrected chi connectivity index (χ4v) is 0.294. The number of carbonyl (C=O) groups is 3. The largest absolute Gasteiger partial charge is 0.477 e. The third-order valence-corrected chi connectivity index (χ3v) is 1.01. The van der Waals surface area contributed by atoms with Crippen molar-refractivity contribution >= 4 is 17.8 Å². The molecule has 0 aromatic rings. The summed E-state index contributed by atoms with van der Waals surface area (Å²) < 4.78 is 0. The summed E-state index contributed by atoms with van der Waals surface area (Å²) in [4.78, 5) is 29.4. The highest BCUT2D eigenvalue weighted by atomic mass is 16.4. The van der Waals surface area contributed by atoms with Crippen molar-refractivity contribution in [2.75, 3.05) is 0 Å². The Morgan fingerprint density at radius 1 is 1.20 bits per heavy atom. The standard InChI is InChI=1S/C4H8N2O2.C4H3NO2/c5-3(7)1-2-4(6)8;1-3(2-5)4(6)7/h1-2H2,(H2,5,7)(H2,6,8);1H2,(H,6,7). The number of rotatable bonds is 4. The number of amides is 2. The van der Waals surface area contributed by atoms with Gasteiger partial charge >= 0.3 is 5.97 Å². The van der Waals surface area contributed by atoms with Gasteiger partial charge in [-0.25, -0.2) is 4.79 Å². The maximum Gasteiger partial charge on any atom is 0.345 e. The van der Waals surface area contributed by atoms with Crippen LogP contribution in [-0.2, 0) is 14.4 Å². The smallest absolute Gasteiger partial charge is 0.345 e. The molecule has 0 rings (SSSR count). The lowest BCUT2D eigenvalue weighted by atomic mass is 10.3. The second-order valence-electron chi connectivity index (χ2n) is 2.33. The van der Waals surface area contributed by atoms with Crippen LogP contribution in [0.4, 0.5) is 0 Å². The Hall–Kier alpha value is -2.36. The zero-order valence-electron chi connectivity index (χ0n) is 7.90. The Kier molecular flexibility index (Phi) is 8.32. The van der Waals surface area contributed by atoms with Crippen LogP contribution in [-0.4, -0.2) is 22.9 Å². The fraction of sp³-hybridized carbons (Fsp3) is 0.250. The van der Waals surface area contributed by atoms with Gasteiger partial charge in [-0.3, -0.25) is 9.59 Å². The molecule has 0 aliphatic carbocycles. The zero-order valence-corrected chi connectivity index (χ0v) is 7.90. The first kappa shape index (κ1) is 15.1. The molecule has 0 saturated heterocycles. The molecule has 0 spiro atoms. The molecule has 0 aliphatic rings. The summed E-state index contributed by atoms with van der Waals surface area (Å²) in [7, 11) is 0. The van der Waals surface area contributed by atoms with E-state index in [1.807, 2.05) is 0 Å². The molecule has 0 aliphatic heterocycles. The normalized spacial score (nSPS) is 7.67. The lowest BCUT2D eigenvalue weighted by Gasteiger charge is -1.87. The van der Waals surface area contributed by atoms with Gasteiger partial charge in [-0.1, -0.05) is 6.58 Å². The summed E-state index contributed by atoms with van der Waals surface area (Å²) in [6.45, 7) is 2.91. The van der Waals surface area contributed by atoms with Gasteiger partial charge in [0.1, 0.15) is 11.6 Å². The molecule has 0 aromatic carbocycles. The van der Waals surface area contributed by atoms with Crippen LogP contribution in [0.2, 0.25) is 0 Å². The molecule has 0 unspecified atom stereocenters. The predicted octanol–water partition coefficient (Wildman–Crippen LogP) is -1.11. The molecule has 0 atom stereocenters. The van der Waals surface area contributed by atoms with Crippen molar-refractivity contribution in [2.45, 2.75) is 12.8 Å². The van der Waals surface area contributed by atoms with Crippen molar-refractivity contribution in [3.63, 3.8) is 0 Å². The predicted molar refractivity (Wildman–Crippen MR) is 50.0 cm³/mol. The molecule has 2 amide bonds. The summed E-state index contributed by atoms with van der Waals surface area (Å²) in [6.07, 6.45) is 0.102. The molecular weight excluding hydrogens is 202 g/mol.